The lowest BCUT2D eigenvalue weighted by atomic mass is 9.91. The molecular formula is C26H29FN6O5S. The van der Waals surface area contributed by atoms with Crippen molar-refractivity contribution in [1.82, 2.24) is 19.9 Å². The first-order valence-corrected chi connectivity index (χ1v) is 13.3. The molecule has 1 aliphatic heterocycles. The molecule has 0 aliphatic carbocycles. The predicted molar refractivity (Wildman–Crippen MR) is 146 cm³/mol. The van der Waals surface area contributed by atoms with E-state index in [1.807, 2.05) is 20.8 Å². The molecule has 39 heavy (non-hydrogen) atoms. The van der Waals surface area contributed by atoms with E-state index < -0.39 is 28.7 Å². The molecule has 206 valence electrons. The summed E-state index contributed by atoms with van der Waals surface area (Å²) < 4.78 is 16.5. The van der Waals surface area contributed by atoms with Crippen LogP contribution >= 0.6 is 11.3 Å². The number of fused-ring (bicyclic) bond motifs is 1. The number of carbonyl (C=O) groups excluding carboxylic acids is 1. The van der Waals surface area contributed by atoms with Gasteiger partial charge in [0, 0.05) is 49.9 Å². The van der Waals surface area contributed by atoms with E-state index in [9.17, 15) is 24.6 Å². The van der Waals surface area contributed by atoms with E-state index in [0.29, 0.717) is 5.13 Å². The number of amidine groups is 1. The van der Waals surface area contributed by atoms with E-state index in [2.05, 4.69) is 20.3 Å². The Labute approximate surface area is 227 Å². The van der Waals surface area contributed by atoms with Crippen molar-refractivity contribution in [2.45, 2.75) is 27.2 Å². The maximum absolute atomic E-state index is 15.1. The molecule has 1 aliphatic rings. The smallest absolute Gasteiger partial charge is 0.341 e. The van der Waals surface area contributed by atoms with Crippen molar-refractivity contribution < 1.29 is 24.2 Å². The Morgan fingerprint density at radius 2 is 2.05 bits per heavy atom. The SMILES string of the molecule is CCC(/C(O)=C\C(=N/C)NC(=O)C1CN(c2nc3c(cc2F)c(=O)c(C(=O)O)cn3-c2nccs2)C1)C(C)C. The predicted octanol–water partition coefficient (Wildman–Crippen LogP) is 3.38. The van der Waals surface area contributed by atoms with Crippen molar-refractivity contribution in [3.63, 3.8) is 0 Å². The quantitative estimate of drug-likeness (QED) is 0.217. The summed E-state index contributed by atoms with van der Waals surface area (Å²) in [5, 5.41) is 24.5. The molecule has 0 spiro atoms. The van der Waals surface area contributed by atoms with Crippen LogP contribution in [0.2, 0.25) is 0 Å². The second-order valence-electron chi connectivity index (χ2n) is 9.55. The Morgan fingerprint density at radius 1 is 1.33 bits per heavy atom. The first kappa shape index (κ1) is 27.9. The zero-order valence-electron chi connectivity index (χ0n) is 21.9. The number of nitrogens with one attached hydrogen (secondary N) is 1. The fourth-order valence-electron chi connectivity index (χ4n) is 4.54. The highest BCUT2D eigenvalue weighted by Crippen LogP contribution is 2.29. The van der Waals surface area contributed by atoms with Crippen LogP contribution in [0.4, 0.5) is 10.2 Å². The number of allylic oxidation sites excluding steroid dienone is 1. The molecule has 1 atom stereocenters. The van der Waals surface area contributed by atoms with Gasteiger partial charge < -0.3 is 20.4 Å². The number of rotatable bonds is 8. The minimum Gasteiger partial charge on any atom is -0.512 e. The van der Waals surface area contributed by atoms with Crippen LogP contribution in [-0.2, 0) is 4.79 Å². The first-order chi connectivity index (χ1) is 18.5. The number of aliphatic hydroxyl groups is 1. The molecule has 0 aromatic carbocycles. The Hall–Kier alpha value is -4.13. The Morgan fingerprint density at radius 3 is 2.62 bits per heavy atom. The number of aliphatic hydroxyl groups excluding tert-OH is 1. The van der Waals surface area contributed by atoms with Crippen molar-refractivity contribution in [3.8, 4) is 5.13 Å². The van der Waals surface area contributed by atoms with Crippen LogP contribution in [0, 0.1) is 23.6 Å². The van der Waals surface area contributed by atoms with E-state index >= 15 is 4.39 Å². The maximum atomic E-state index is 15.1. The standard InChI is InChI=1S/C26H29FN6O5S/c1-5-15(13(2)3)19(34)9-20(28-4)30-24(36)14-10-32(11-14)23-18(27)8-16-21(35)17(25(37)38)12-33(22(16)31-23)26-29-6-7-39-26/h6-9,12-15,34H,5,10-11H2,1-4H3,(H,37,38)(H,28,30,36)/b19-9+. The van der Waals surface area contributed by atoms with Crippen molar-refractivity contribution in [2.75, 3.05) is 25.0 Å². The Bertz CT molecular complexity index is 1530. The number of hydrogen-bond donors (Lipinski definition) is 3. The number of pyridine rings is 2. The number of anilines is 1. The number of aromatic nitrogens is 3. The van der Waals surface area contributed by atoms with E-state index in [1.165, 1.54) is 35.2 Å². The molecule has 0 bridgehead atoms. The molecule has 1 saturated heterocycles. The highest BCUT2D eigenvalue weighted by Gasteiger charge is 2.36. The van der Waals surface area contributed by atoms with Crippen LogP contribution in [-0.4, -0.2) is 62.6 Å². The van der Waals surface area contributed by atoms with Crippen LogP contribution in [0.3, 0.4) is 0 Å². The summed E-state index contributed by atoms with van der Waals surface area (Å²) in [5.74, 6) is -2.62. The lowest BCUT2D eigenvalue weighted by molar-refractivity contribution is -0.124. The van der Waals surface area contributed by atoms with Crippen LogP contribution in [0.1, 0.15) is 37.6 Å². The van der Waals surface area contributed by atoms with Gasteiger partial charge in [0.05, 0.1) is 17.1 Å². The molecule has 3 N–H and O–H groups in total. The van der Waals surface area contributed by atoms with Crippen LogP contribution in [0.5, 0.6) is 0 Å². The summed E-state index contributed by atoms with van der Waals surface area (Å²) in [4.78, 5) is 51.3. The zero-order valence-corrected chi connectivity index (χ0v) is 22.7. The van der Waals surface area contributed by atoms with Gasteiger partial charge in [-0.05, 0) is 18.4 Å². The van der Waals surface area contributed by atoms with Gasteiger partial charge in [-0.2, -0.15) is 0 Å². The van der Waals surface area contributed by atoms with E-state index in [-0.39, 0.29) is 59.3 Å². The van der Waals surface area contributed by atoms with Gasteiger partial charge in [0.2, 0.25) is 11.3 Å². The van der Waals surface area contributed by atoms with Crippen molar-refractivity contribution in [2.24, 2.45) is 22.7 Å². The summed E-state index contributed by atoms with van der Waals surface area (Å²) in [7, 11) is 1.51. The van der Waals surface area contributed by atoms with Crippen LogP contribution in [0.15, 0.2) is 45.5 Å². The average Bonchev–Trinajstić information content (AvgIpc) is 3.38. The van der Waals surface area contributed by atoms with Gasteiger partial charge in [-0.3, -0.25) is 19.1 Å². The van der Waals surface area contributed by atoms with Crippen molar-refractivity contribution in [3.05, 3.63) is 57.3 Å². The van der Waals surface area contributed by atoms with Gasteiger partial charge >= 0.3 is 5.97 Å². The third-order valence-corrected chi connectivity index (χ3v) is 7.49. The third-order valence-electron chi connectivity index (χ3n) is 6.72. The lowest BCUT2D eigenvalue weighted by Gasteiger charge is -2.39. The maximum Gasteiger partial charge on any atom is 0.341 e. The summed E-state index contributed by atoms with van der Waals surface area (Å²) in [6, 6.07) is 0.970. The molecule has 1 amide bonds. The van der Waals surface area contributed by atoms with E-state index in [0.717, 1.165) is 18.7 Å². The zero-order chi connectivity index (χ0) is 28.4. The monoisotopic (exact) mass is 556 g/mol. The fraction of sp³-hybridized carbons (Fsp3) is 0.385. The molecule has 0 saturated carbocycles. The van der Waals surface area contributed by atoms with Crippen LogP contribution < -0.4 is 15.6 Å². The minimum absolute atomic E-state index is 0.0564. The van der Waals surface area contributed by atoms with Crippen LogP contribution in [0.25, 0.3) is 16.2 Å². The van der Waals surface area contributed by atoms with Gasteiger partial charge in [0.1, 0.15) is 11.4 Å². The third kappa shape index (κ3) is 5.53. The van der Waals surface area contributed by atoms with Gasteiger partial charge in [-0.25, -0.2) is 19.2 Å². The number of hydrogen-bond acceptors (Lipinski definition) is 9. The summed E-state index contributed by atoms with van der Waals surface area (Å²) in [6.07, 6.45) is 4.84. The van der Waals surface area contributed by atoms with Gasteiger partial charge in [-0.1, -0.05) is 20.8 Å². The molecule has 1 fully saturated rings. The molecule has 4 heterocycles. The number of aliphatic imine (C=N–C) groups is 1. The Kier molecular flexibility index (Phi) is 8.09. The summed E-state index contributed by atoms with van der Waals surface area (Å²) in [6.45, 7) is 6.30. The summed E-state index contributed by atoms with van der Waals surface area (Å²) >= 11 is 1.20. The van der Waals surface area contributed by atoms with Gasteiger partial charge in [0.15, 0.2) is 22.4 Å². The highest BCUT2D eigenvalue weighted by molar-refractivity contribution is 7.12. The largest absolute Gasteiger partial charge is 0.512 e. The minimum atomic E-state index is -1.44. The molecule has 3 aromatic rings. The lowest BCUT2D eigenvalue weighted by Crippen LogP contribution is -2.55. The van der Waals surface area contributed by atoms with Crippen molar-refractivity contribution >= 4 is 45.9 Å². The number of carboxylic acid groups (broad SMARTS) is 1. The molecule has 1 unspecified atom stereocenters. The molecular weight excluding hydrogens is 527 g/mol. The van der Waals surface area contributed by atoms with E-state index in [4.69, 9.17) is 0 Å². The first-order valence-electron chi connectivity index (χ1n) is 12.4. The normalized spacial score (nSPS) is 15.5. The molecule has 3 aromatic heterocycles. The molecule has 0 radical (unpaired) electrons. The summed E-state index contributed by atoms with van der Waals surface area (Å²) in [5.41, 5.74) is -1.32. The number of aromatic carboxylic acids is 1. The Balaban J connectivity index is 1.56. The van der Waals surface area contributed by atoms with Gasteiger partial charge in [-0.15, -0.1) is 11.3 Å². The second-order valence-corrected chi connectivity index (χ2v) is 10.4. The highest BCUT2D eigenvalue weighted by atomic mass is 32.1. The van der Waals surface area contributed by atoms with Gasteiger partial charge in [0.25, 0.3) is 0 Å². The molecule has 4 rings (SSSR count). The number of amides is 1. The number of carbonyl (C=O) groups is 2. The molecule has 13 heteroatoms. The topological polar surface area (TPSA) is 150 Å². The van der Waals surface area contributed by atoms with E-state index in [1.54, 1.807) is 10.3 Å². The number of carboxylic acids is 1. The molecule has 11 nitrogen and oxygen atoms in total. The number of halogens is 1. The number of thiazole rings is 1. The van der Waals surface area contributed by atoms with Crippen molar-refractivity contribution in [1.29, 1.82) is 0 Å². The fourth-order valence-corrected chi connectivity index (χ4v) is 5.16. The number of nitrogens with zero attached hydrogens (tertiary/aromatic N) is 5. The second kappa shape index (κ2) is 11.3. The average molecular weight is 557 g/mol.